The fourth-order valence-corrected chi connectivity index (χ4v) is 4.08. The Balaban J connectivity index is 1.88. The summed E-state index contributed by atoms with van der Waals surface area (Å²) < 4.78 is 28.1. The lowest BCUT2D eigenvalue weighted by atomic mass is 9.99. The van der Waals surface area contributed by atoms with Crippen LogP contribution in [0, 0.1) is 5.82 Å². The number of aliphatic hydroxyl groups is 1. The van der Waals surface area contributed by atoms with Crippen LogP contribution in [0.3, 0.4) is 0 Å². The van der Waals surface area contributed by atoms with Crippen molar-refractivity contribution >= 4 is 21.9 Å². The molecule has 4 nitrogen and oxygen atoms in total. The molecule has 2 unspecified atom stereocenters. The van der Waals surface area contributed by atoms with Gasteiger partial charge in [0.15, 0.2) is 0 Å². The van der Waals surface area contributed by atoms with Crippen LogP contribution in [0.15, 0.2) is 47.5 Å². The molecule has 0 spiro atoms. The van der Waals surface area contributed by atoms with E-state index in [0.717, 1.165) is 27.6 Å². The predicted molar refractivity (Wildman–Crippen MR) is 83.1 cm³/mol. The lowest BCUT2D eigenvalue weighted by Crippen LogP contribution is -2.17. The monoisotopic (exact) mass is 316 g/mol. The molecule has 0 fully saturated rings. The van der Waals surface area contributed by atoms with Gasteiger partial charge in [-0.1, -0.05) is 6.07 Å². The number of aromatic nitrogens is 1. The molecular formula is C16H13FN2O2S. The van der Waals surface area contributed by atoms with Gasteiger partial charge < -0.3 is 10.1 Å². The second-order valence-corrected chi connectivity index (χ2v) is 6.48. The van der Waals surface area contributed by atoms with Crippen LogP contribution in [-0.4, -0.2) is 20.9 Å². The molecule has 0 aliphatic carbocycles. The molecule has 1 aromatic heterocycles. The van der Waals surface area contributed by atoms with E-state index in [9.17, 15) is 13.7 Å². The van der Waals surface area contributed by atoms with E-state index in [1.54, 1.807) is 6.07 Å². The molecule has 1 aliphatic heterocycles. The molecule has 3 N–H and O–H groups in total. The highest BCUT2D eigenvalue weighted by atomic mass is 32.2. The van der Waals surface area contributed by atoms with Crippen molar-refractivity contribution in [2.24, 2.45) is 0 Å². The van der Waals surface area contributed by atoms with Crippen molar-refractivity contribution in [1.29, 1.82) is 0 Å². The van der Waals surface area contributed by atoms with Crippen LogP contribution in [0.25, 0.3) is 22.0 Å². The Kier molecular flexibility index (Phi) is 3.11. The van der Waals surface area contributed by atoms with Crippen LogP contribution >= 0.6 is 0 Å². The van der Waals surface area contributed by atoms with Gasteiger partial charge in [-0.3, -0.25) is 0 Å². The molecule has 112 valence electrons. The second-order valence-electron chi connectivity index (χ2n) is 5.27. The Morgan fingerprint density at radius 3 is 2.91 bits per heavy atom. The zero-order valence-corrected chi connectivity index (χ0v) is 12.3. The van der Waals surface area contributed by atoms with Crippen LogP contribution in [0.5, 0.6) is 0 Å². The summed E-state index contributed by atoms with van der Waals surface area (Å²) >= 11 is 0. The van der Waals surface area contributed by atoms with E-state index in [0.29, 0.717) is 4.90 Å². The first-order chi connectivity index (χ1) is 10.7. The third kappa shape index (κ3) is 1.99. The average Bonchev–Trinajstić information content (AvgIpc) is 3.07. The molecule has 2 aromatic carbocycles. The van der Waals surface area contributed by atoms with E-state index >= 15 is 0 Å². The van der Waals surface area contributed by atoms with Gasteiger partial charge in [0.25, 0.3) is 0 Å². The number of H-pyrrole nitrogens is 1. The minimum atomic E-state index is -1.28. The molecule has 6 heteroatoms. The standard InChI is InChI=1S/C16H13FN2O2S/c17-10-2-3-11-13(7-18-14(11)6-10)9-1-4-16-12(5-9)15(8-20)19-22(16)21/h1-7,15,18-20H,8H2. The van der Waals surface area contributed by atoms with E-state index in [-0.39, 0.29) is 18.5 Å². The van der Waals surface area contributed by atoms with E-state index < -0.39 is 11.0 Å². The van der Waals surface area contributed by atoms with Crippen molar-refractivity contribution in [1.82, 2.24) is 9.71 Å². The second kappa shape index (κ2) is 5.01. The Morgan fingerprint density at radius 1 is 1.23 bits per heavy atom. The van der Waals surface area contributed by atoms with Gasteiger partial charge in [-0.2, -0.15) is 0 Å². The summed E-state index contributed by atoms with van der Waals surface area (Å²) in [5.74, 6) is -0.283. The van der Waals surface area contributed by atoms with Gasteiger partial charge >= 0.3 is 0 Å². The maximum atomic E-state index is 13.3. The van der Waals surface area contributed by atoms with E-state index in [2.05, 4.69) is 9.71 Å². The fraction of sp³-hybridized carbons (Fsp3) is 0.125. The number of rotatable bonds is 2. The van der Waals surface area contributed by atoms with Crippen molar-refractivity contribution in [3.8, 4) is 11.1 Å². The number of nitrogens with one attached hydrogen (secondary N) is 2. The van der Waals surface area contributed by atoms with Gasteiger partial charge in [0.2, 0.25) is 0 Å². The lowest BCUT2D eigenvalue weighted by Gasteiger charge is -2.08. The van der Waals surface area contributed by atoms with Crippen molar-refractivity contribution < 1.29 is 13.7 Å². The number of hydrogen-bond acceptors (Lipinski definition) is 2. The number of aliphatic hydroxyl groups excluding tert-OH is 1. The Hall–Kier alpha value is -2.02. The summed E-state index contributed by atoms with van der Waals surface area (Å²) in [4.78, 5) is 3.77. The maximum Gasteiger partial charge on any atom is 0.125 e. The lowest BCUT2D eigenvalue weighted by molar-refractivity contribution is 0.262. The molecule has 0 saturated heterocycles. The first-order valence-electron chi connectivity index (χ1n) is 6.87. The number of benzene rings is 2. The molecule has 0 saturated carbocycles. The zero-order valence-electron chi connectivity index (χ0n) is 11.5. The van der Waals surface area contributed by atoms with E-state index in [1.807, 2.05) is 24.4 Å². The molecule has 2 heterocycles. The van der Waals surface area contributed by atoms with Gasteiger partial charge in [0, 0.05) is 22.7 Å². The molecule has 4 rings (SSSR count). The maximum absolute atomic E-state index is 13.3. The first kappa shape index (κ1) is 13.6. The van der Waals surface area contributed by atoms with Crippen molar-refractivity contribution in [2.45, 2.75) is 10.9 Å². The normalized spacial score (nSPS) is 20.5. The van der Waals surface area contributed by atoms with Crippen LogP contribution in [-0.2, 0) is 11.0 Å². The van der Waals surface area contributed by atoms with Crippen LogP contribution in [0.4, 0.5) is 4.39 Å². The summed E-state index contributed by atoms with van der Waals surface area (Å²) in [6.45, 7) is -0.110. The van der Waals surface area contributed by atoms with Crippen LogP contribution in [0.1, 0.15) is 11.6 Å². The Morgan fingerprint density at radius 2 is 2.09 bits per heavy atom. The molecule has 2 atom stereocenters. The van der Waals surface area contributed by atoms with Gasteiger partial charge in [-0.05, 0) is 41.5 Å². The third-order valence-electron chi connectivity index (χ3n) is 3.97. The van der Waals surface area contributed by atoms with Gasteiger partial charge in [-0.25, -0.2) is 13.3 Å². The molecule has 0 amide bonds. The summed E-state index contributed by atoms with van der Waals surface area (Å²) in [6.07, 6.45) is 1.83. The first-order valence-corrected chi connectivity index (χ1v) is 8.02. The SMILES string of the molecule is O=S1NC(CO)c2cc(-c3c[nH]c4cc(F)ccc34)ccc21. The largest absolute Gasteiger partial charge is 0.394 e. The smallest absolute Gasteiger partial charge is 0.125 e. The molecule has 0 radical (unpaired) electrons. The predicted octanol–water partition coefficient (Wildman–Crippen LogP) is 2.63. The molecule has 0 bridgehead atoms. The van der Waals surface area contributed by atoms with E-state index in [4.69, 9.17) is 0 Å². The number of halogens is 1. The van der Waals surface area contributed by atoms with Crippen molar-refractivity contribution in [3.63, 3.8) is 0 Å². The highest BCUT2D eigenvalue weighted by Gasteiger charge is 2.27. The minimum Gasteiger partial charge on any atom is -0.394 e. The number of fused-ring (bicyclic) bond motifs is 2. The fourth-order valence-electron chi connectivity index (χ4n) is 2.89. The van der Waals surface area contributed by atoms with Crippen LogP contribution < -0.4 is 4.72 Å². The van der Waals surface area contributed by atoms with Crippen molar-refractivity contribution in [2.75, 3.05) is 6.61 Å². The summed E-state index contributed by atoms with van der Waals surface area (Å²) in [5.41, 5.74) is 3.47. The molecule has 22 heavy (non-hydrogen) atoms. The highest BCUT2D eigenvalue weighted by molar-refractivity contribution is 7.83. The Labute approximate surface area is 128 Å². The number of aromatic amines is 1. The molecule has 3 aromatic rings. The topological polar surface area (TPSA) is 65.1 Å². The summed E-state index contributed by atoms with van der Waals surface area (Å²) in [6, 6.07) is 9.94. The molecular weight excluding hydrogens is 303 g/mol. The third-order valence-corrected chi connectivity index (χ3v) is 5.24. The van der Waals surface area contributed by atoms with Gasteiger partial charge in [0.1, 0.15) is 16.8 Å². The van der Waals surface area contributed by atoms with Gasteiger partial charge in [-0.15, -0.1) is 0 Å². The molecule has 1 aliphatic rings. The highest BCUT2D eigenvalue weighted by Crippen LogP contribution is 2.35. The minimum absolute atomic E-state index is 0.110. The zero-order chi connectivity index (χ0) is 15.3. The van der Waals surface area contributed by atoms with Crippen LogP contribution in [0.2, 0.25) is 0 Å². The number of hydrogen-bond donors (Lipinski definition) is 3. The van der Waals surface area contributed by atoms with Crippen molar-refractivity contribution in [3.05, 3.63) is 54.0 Å². The Bertz CT molecular complexity index is 906. The summed E-state index contributed by atoms with van der Waals surface area (Å²) in [7, 11) is -1.28. The quantitative estimate of drug-likeness (QED) is 0.680. The summed E-state index contributed by atoms with van der Waals surface area (Å²) in [5, 5.41) is 10.3. The van der Waals surface area contributed by atoms with E-state index in [1.165, 1.54) is 12.1 Å². The van der Waals surface area contributed by atoms with Gasteiger partial charge in [0.05, 0.1) is 17.5 Å². The average molecular weight is 316 g/mol.